The van der Waals surface area contributed by atoms with E-state index in [1.807, 2.05) is 56.3 Å². The van der Waals surface area contributed by atoms with Gasteiger partial charge in [0, 0.05) is 29.3 Å². The number of rotatable bonds is 7. The molecule has 0 unspecified atom stereocenters. The number of methoxy groups -OCH3 is 1. The molecular formula is C23H23N3O3S. The summed E-state index contributed by atoms with van der Waals surface area (Å²) in [5, 5.41) is 2.00. The smallest absolute Gasteiger partial charge is 0.262 e. The van der Waals surface area contributed by atoms with E-state index in [2.05, 4.69) is 9.97 Å². The number of hydrogen-bond acceptors (Lipinski definition) is 5. The van der Waals surface area contributed by atoms with Crippen LogP contribution in [0.1, 0.15) is 29.0 Å². The zero-order valence-electron chi connectivity index (χ0n) is 17.1. The number of carbonyl (C=O) groups excluding carboxylic acids is 1. The summed E-state index contributed by atoms with van der Waals surface area (Å²) in [6, 6.07) is 14.8. The van der Waals surface area contributed by atoms with E-state index >= 15 is 0 Å². The van der Waals surface area contributed by atoms with Crippen LogP contribution < -0.4 is 5.56 Å². The summed E-state index contributed by atoms with van der Waals surface area (Å²) < 4.78 is 6.89. The number of carbonyl (C=O) groups is 1. The van der Waals surface area contributed by atoms with Crippen LogP contribution in [0, 0.1) is 6.92 Å². The van der Waals surface area contributed by atoms with E-state index in [-0.39, 0.29) is 23.1 Å². The largest absolute Gasteiger partial charge is 0.383 e. The molecule has 1 atom stereocenters. The minimum absolute atomic E-state index is 0.00306. The number of aromatic amines is 1. The van der Waals surface area contributed by atoms with Crippen molar-refractivity contribution in [3.63, 3.8) is 0 Å². The van der Waals surface area contributed by atoms with E-state index in [0.29, 0.717) is 28.2 Å². The van der Waals surface area contributed by atoms with Crippen molar-refractivity contribution in [2.24, 2.45) is 0 Å². The summed E-state index contributed by atoms with van der Waals surface area (Å²) in [5.41, 5.74) is 2.99. The van der Waals surface area contributed by atoms with E-state index in [9.17, 15) is 9.59 Å². The van der Waals surface area contributed by atoms with Crippen LogP contribution in [-0.2, 0) is 4.74 Å². The van der Waals surface area contributed by atoms with Crippen LogP contribution in [0.3, 0.4) is 0 Å². The lowest BCUT2D eigenvalue weighted by Gasteiger charge is -2.18. The number of benzene rings is 2. The Morgan fingerprint density at radius 1 is 1.17 bits per heavy atom. The second-order valence-corrected chi connectivity index (χ2v) is 8.22. The van der Waals surface area contributed by atoms with Gasteiger partial charge in [0.25, 0.3) is 5.56 Å². The molecule has 0 amide bonds. The number of H-pyrrole nitrogens is 1. The molecule has 0 aliphatic rings. The highest BCUT2D eigenvalue weighted by atomic mass is 32.2. The fraction of sp³-hybridized carbons (Fsp3) is 0.261. The maximum Gasteiger partial charge on any atom is 0.262 e. The molecule has 2 aromatic carbocycles. The molecule has 2 aromatic heterocycles. The predicted molar refractivity (Wildman–Crippen MR) is 121 cm³/mol. The minimum atomic E-state index is -0.202. The molecule has 4 rings (SSSR count). The molecule has 30 heavy (non-hydrogen) atoms. The number of nitrogens with zero attached hydrogens (tertiary/aromatic N) is 2. The lowest BCUT2D eigenvalue weighted by Crippen LogP contribution is -2.28. The number of fused-ring (bicyclic) bond motifs is 2. The normalized spacial score (nSPS) is 12.5. The molecule has 0 aliphatic carbocycles. The standard InChI is InChI=1S/C23H23N3O3S/c1-14(12-29-3)26-22(28)17-9-5-7-11-19(17)25-23(26)30-13-20(27)21-15(2)24-18-10-6-4-8-16(18)21/h4-11,14,24H,12-13H2,1-3H3/t14-/m1/s1. The Balaban J connectivity index is 1.71. The summed E-state index contributed by atoms with van der Waals surface area (Å²) in [6.07, 6.45) is 0. The van der Waals surface area contributed by atoms with Crippen molar-refractivity contribution in [1.29, 1.82) is 0 Å². The summed E-state index contributed by atoms with van der Waals surface area (Å²) >= 11 is 1.29. The van der Waals surface area contributed by atoms with Crippen LogP contribution in [0.5, 0.6) is 0 Å². The third kappa shape index (κ3) is 3.66. The van der Waals surface area contributed by atoms with Gasteiger partial charge in [0.1, 0.15) is 0 Å². The SMILES string of the molecule is COC[C@@H](C)n1c(SCC(=O)c2c(C)[nH]c3ccccc23)nc2ccccc2c1=O. The lowest BCUT2D eigenvalue weighted by molar-refractivity contribution is 0.102. The van der Waals surface area contributed by atoms with Gasteiger partial charge < -0.3 is 9.72 Å². The van der Waals surface area contributed by atoms with E-state index in [0.717, 1.165) is 16.6 Å². The molecule has 0 saturated heterocycles. The molecule has 0 spiro atoms. The third-order valence-electron chi connectivity index (χ3n) is 5.13. The van der Waals surface area contributed by atoms with Crippen molar-refractivity contribution < 1.29 is 9.53 Å². The molecule has 0 saturated carbocycles. The van der Waals surface area contributed by atoms with Crippen LogP contribution in [0.15, 0.2) is 58.5 Å². The van der Waals surface area contributed by atoms with E-state index in [1.54, 1.807) is 17.7 Å². The maximum absolute atomic E-state index is 13.1. The third-order valence-corrected chi connectivity index (χ3v) is 6.08. The zero-order chi connectivity index (χ0) is 21.3. The second kappa shape index (κ2) is 8.45. The molecule has 4 aromatic rings. The van der Waals surface area contributed by atoms with Crippen molar-refractivity contribution in [1.82, 2.24) is 14.5 Å². The maximum atomic E-state index is 13.1. The molecular weight excluding hydrogens is 398 g/mol. The number of hydrogen-bond donors (Lipinski definition) is 1. The first-order chi connectivity index (χ1) is 14.5. The molecule has 6 nitrogen and oxygen atoms in total. The van der Waals surface area contributed by atoms with E-state index in [4.69, 9.17) is 4.74 Å². The van der Waals surface area contributed by atoms with Gasteiger partial charge in [0.15, 0.2) is 10.9 Å². The summed E-state index contributed by atoms with van der Waals surface area (Å²) in [5.74, 6) is 0.191. The van der Waals surface area contributed by atoms with Crippen LogP contribution in [-0.4, -0.2) is 39.8 Å². The number of nitrogens with one attached hydrogen (secondary N) is 1. The van der Waals surface area contributed by atoms with Crippen LogP contribution in [0.4, 0.5) is 0 Å². The second-order valence-electron chi connectivity index (χ2n) is 7.27. The molecule has 7 heteroatoms. The summed E-state index contributed by atoms with van der Waals surface area (Å²) in [4.78, 5) is 34.2. The van der Waals surface area contributed by atoms with Crippen molar-refractivity contribution in [3.05, 3.63) is 70.1 Å². The molecule has 154 valence electrons. The molecule has 0 aliphatic heterocycles. The van der Waals surface area contributed by atoms with Gasteiger partial charge in [-0.2, -0.15) is 0 Å². The number of para-hydroxylation sites is 2. The van der Waals surface area contributed by atoms with Crippen molar-refractivity contribution in [2.75, 3.05) is 19.5 Å². The number of ether oxygens (including phenoxy) is 1. The van der Waals surface area contributed by atoms with Crippen molar-refractivity contribution in [2.45, 2.75) is 25.0 Å². The molecule has 0 bridgehead atoms. The Labute approximate surface area is 178 Å². The topological polar surface area (TPSA) is 77.0 Å². The Morgan fingerprint density at radius 2 is 1.87 bits per heavy atom. The van der Waals surface area contributed by atoms with Crippen LogP contribution >= 0.6 is 11.8 Å². The quantitative estimate of drug-likeness (QED) is 0.272. The van der Waals surface area contributed by atoms with Crippen LogP contribution in [0.25, 0.3) is 21.8 Å². The Morgan fingerprint density at radius 3 is 2.63 bits per heavy atom. The Bertz CT molecular complexity index is 1290. The van der Waals surface area contributed by atoms with E-state index < -0.39 is 0 Å². The monoisotopic (exact) mass is 421 g/mol. The average Bonchev–Trinajstić information content (AvgIpc) is 3.08. The highest BCUT2D eigenvalue weighted by molar-refractivity contribution is 7.99. The average molecular weight is 422 g/mol. The zero-order valence-corrected chi connectivity index (χ0v) is 18.0. The number of aryl methyl sites for hydroxylation is 1. The van der Waals surface area contributed by atoms with Crippen molar-refractivity contribution in [3.8, 4) is 0 Å². The highest BCUT2D eigenvalue weighted by Crippen LogP contribution is 2.26. The fourth-order valence-corrected chi connectivity index (χ4v) is 4.74. The van der Waals surface area contributed by atoms with Gasteiger partial charge in [-0.1, -0.05) is 42.1 Å². The first-order valence-corrected chi connectivity index (χ1v) is 10.7. The molecule has 0 fully saturated rings. The number of Topliss-reactive ketones (excluding diaryl/α,β-unsaturated/α-hetero) is 1. The molecule has 0 radical (unpaired) electrons. The van der Waals surface area contributed by atoms with Gasteiger partial charge in [0.2, 0.25) is 0 Å². The Hall–Kier alpha value is -2.90. The van der Waals surface area contributed by atoms with Crippen molar-refractivity contribution >= 4 is 39.4 Å². The van der Waals surface area contributed by atoms with Gasteiger partial charge in [-0.05, 0) is 32.0 Å². The number of thioether (sulfide) groups is 1. The summed E-state index contributed by atoms with van der Waals surface area (Å²) in [7, 11) is 1.60. The first-order valence-electron chi connectivity index (χ1n) is 9.74. The van der Waals surface area contributed by atoms with Gasteiger partial charge in [-0.25, -0.2) is 4.98 Å². The summed E-state index contributed by atoms with van der Waals surface area (Å²) in [6.45, 7) is 4.20. The lowest BCUT2D eigenvalue weighted by atomic mass is 10.1. The number of ketones is 1. The minimum Gasteiger partial charge on any atom is -0.383 e. The van der Waals surface area contributed by atoms with E-state index in [1.165, 1.54) is 11.8 Å². The predicted octanol–water partition coefficient (Wildman–Crippen LogP) is 4.37. The van der Waals surface area contributed by atoms with Crippen LogP contribution in [0.2, 0.25) is 0 Å². The van der Waals surface area contributed by atoms with Gasteiger partial charge in [-0.15, -0.1) is 0 Å². The first kappa shape index (κ1) is 20.4. The number of aromatic nitrogens is 3. The highest BCUT2D eigenvalue weighted by Gasteiger charge is 2.20. The molecule has 1 N–H and O–H groups in total. The van der Waals surface area contributed by atoms with Gasteiger partial charge in [-0.3, -0.25) is 14.2 Å². The fourth-order valence-electron chi connectivity index (χ4n) is 3.77. The molecule has 2 heterocycles. The Kier molecular flexibility index (Phi) is 5.74. The van der Waals surface area contributed by atoms with Gasteiger partial charge >= 0.3 is 0 Å². The van der Waals surface area contributed by atoms with Gasteiger partial charge in [0.05, 0.1) is 29.3 Å².